The van der Waals surface area contributed by atoms with Crippen LogP contribution in [0.4, 0.5) is 0 Å². The predicted molar refractivity (Wildman–Crippen MR) is 71.5 cm³/mol. The maximum Gasteiger partial charge on any atom is 1.00 e. The van der Waals surface area contributed by atoms with Crippen molar-refractivity contribution in [1.29, 1.82) is 0 Å². The molecule has 0 atom stereocenters. The number of hydrogen-bond donors (Lipinski definition) is 3. The summed E-state index contributed by atoms with van der Waals surface area (Å²) in [5.74, 6) is -6.35. The molecule has 28 heavy (non-hydrogen) atoms. The van der Waals surface area contributed by atoms with Gasteiger partial charge in [-0.05, 0) is 0 Å². The molecule has 0 saturated heterocycles. The first-order valence-electron chi connectivity index (χ1n) is 6.41. The Hall–Kier alpha value is 1.39. The average Bonchev–Trinajstić information content (AvgIpc) is 2.32. The molecule has 12 nitrogen and oxygen atoms in total. The first-order valence-corrected chi connectivity index (χ1v) is 6.41. The summed E-state index contributed by atoms with van der Waals surface area (Å²) in [5, 5.41) is 45.5. The number of hydrogen-bond acceptors (Lipinski definition) is 9. The minimum Gasteiger partial charge on any atom is -1.00 e. The molecule has 0 radical (unpaired) electrons. The van der Waals surface area contributed by atoms with Gasteiger partial charge in [-0.25, -0.2) is 0 Å². The quantitative estimate of drug-likeness (QED) is 0.220. The van der Waals surface area contributed by atoms with Crippen molar-refractivity contribution in [2.24, 2.45) is 0 Å². The van der Waals surface area contributed by atoms with Crippen LogP contribution in [0.15, 0.2) is 0 Å². The Morgan fingerprint density at radius 1 is 0.714 bits per heavy atom. The van der Waals surface area contributed by atoms with Crippen LogP contribution in [0.25, 0.3) is 0 Å². The molecule has 146 valence electrons. The Morgan fingerprint density at radius 3 is 1.11 bits per heavy atom. The number of rotatable bonds is 11. The normalized spacial score (nSPS) is 8.54. The topological polar surface area (TPSA) is 199 Å². The molecule has 0 spiro atoms. The summed E-state index contributed by atoms with van der Waals surface area (Å²) in [6.45, 7) is -1.67. The van der Waals surface area contributed by atoms with Crippen molar-refractivity contribution in [3.05, 3.63) is 0 Å². The van der Waals surface area contributed by atoms with Gasteiger partial charge in [0.05, 0.1) is 25.0 Å². The van der Waals surface area contributed by atoms with Crippen molar-refractivity contribution in [2.45, 2.75) is 6.92 Å². The Balaban J connectivity index is -0.000000137. The molecule has 3 N–H and O–H groups in total. The monoisotopic (exact) mass is 514 g/mol. The van der Waals surface area contributed by atoms with E-state index >= 15 is 0 Å². The van der Waals surface area contributed by atoms with Gasteiger partial charge in [0, 0.05) is 33.1 Å². The fourth-order valence-electron chi connectivity index (χ4n) is 1.46. The second kappa shape index (κ2) is 26.4. The first kappa shape index (κ1) is 43.3. The van der Waals surface area contributed by atoms with Crippen LogP contribution >= 0.6 is 0 Å². The fourth-order valence-corrected chi connectivity index (χ4v) is 1.46. The molecule has 0 aliphatic heterocycles. The van der Waals surface area contributed by atoms with Crippen molar-refractivity contribution >= 4 is 29.8 Å². The maximum absolute atomic E-state index is 10.5. The van der Waals surface area contributed by atoms with E-state index in [2.05, 4.69) is 0 Å². The van der Waals surface area contributed by atoms with Crippen molar-refractivity contribution in [1.82, 2.24) is 9.80 Å². The van der Waals surface area contributed by atoms with E-state index < -0.39 is 56.0 Å². The second-order valence-corrected chi connectivity index (χ2v) is 4.47. The third kappa shape index (κ3) is 38.0. The standard InChI is InChI=1S/C10H16N2O8.C2H4O2.BrH.K.2Na/c13-7(14)3-11(4-8(15)16)1-2-12(5-9(17)18)6-10(19)20;1-2(3)4;;;;/h1-6H2,(H,13,14)(H,15,16)(H,17,18)(H,19,20);1H3,(H,3,4);1H;;;/q;;;3*+1/p-3. The van der Waals surface area contributed by atoms with Gasteiger partial charge in [0.1, 0.15) is 0 Å². The first-order chi connectivity index (χ1) is 10.9. The van der Waals surface area contributed by atoms with E-state index in [0.717, 1.165) is 16.7 Å². The van der Waals surface area contributed by atoms with E-state index in [1.54, 1.807) is 0 Å². The van der Waals surface area contributed by atoms with E-state index in [0.29, 0.717) is 0 Å². The molecule has 0 unspecified atom stereocenters. The molecule has 0 aromatic heterocycles. The van der Waals surface area contributed by atoms with E-state index in [4.69, 9.17) is 20.1 Å². The summed E-state index contributed by atoms with van der Waals surface area (Å²) in [5.41, 5.74) is 0. The van der Waals surface area contributed by atoms with Crippen molar-refractivity contribution in [2.75, 3.05) is 39.3 Å². The van der Waals surface area contributed by atoms with Gasteiger partial charge >= 0.3 is 122 Å². The van der Waals surface area contributed by atoms with Gasteiger partial charge in [-0.2, -0.15) is 0 Å². The Kier molecular flexibility index (Phi) is 40.9. The molecule has 16 heteroatoms. The third-order valence-corrected chi connectivity index (χ3v) is 2.16. The van der Waals surface area contributed by atoms with Crippen molar-refractivity contribution in [3.63, 3.8) is 0 Å². The Morgan fingerprint density at radius 2 is 0.929 bits per heavy atom. The fraction of sp³-hybridized carbons (Fsp3) is 0.583. The van der Waals surface area contributed by atoms with Crippen molar-refractivity contribution in [3.8, 4) is 0 Å². The van der Waals surface area contributed by atoms with Gasteiger partial charge in [-0.1, -0.05) is 0 Å². The van der Waals surface area contributed by atoms with Crippen LogP contribution in [0.3, 0.4) is 0 Å². The molecule has 0 amide bonds. The predicted octanol–water partition coefficient (Wildman–Crippen LogP) is -16.6. The minimum atomic E-state index is -1.51. The van der Waals surface area contributed by atoms with Crippen LogP contribution < -0.4 is 138 Å². The molecule has 0 rings (SSSR count). The average molecular weight is 515 g/mol. The maximum atomic E-state index is 10.5. The molecular weight excluding hydrogens is 497 g/mol. The SMILES string of the molecule is CC(=O)O.O=C([O-])CN(CCN(CC(=O)O)CC(=O)O)CC(=O)[O-].[Br-].[K+].[Na+].[Na+]. The van der Waals surface area contributed by atoms with E-state index in [1.165, 1.54) is 0 Å². The van der Waals surface area contributed by atoms with Crippen molar-refractivity contribution < 1.29 is 177 Å². The molecular formula is C12H18BrKN2Na2O10. The summed E-state index contributed by atoms with van der Waals surface area (Å²) in [6.07, 6.45) is 0. The van der Waals surface area contributed by atoms with Gasteiger partial charge in [0.2, 0.25) is 0 Å². The zero-order valence-electron chi connectivity index (χ0n) is 16.2. The number of nitrogens with zero attached hydrogens (tertiary/aromatic N) is 2. The van der Waals surface area contributed by atoms with E-state index in [-0.39, 0.29) is 141 Å². The van der Waals surface area contributed by atoms with Gasteiger partial charge in [-0.3, -0.25) is 24.2 Å². The molecule has 0 bridgehead atoms. The molecule has 0 fully saturated rings. The molecule has 0 saturated carbocycles. The van der Waals surface area contributed by atoms with Gasteiger partial charge in [0.15, 0.2) is 0 Å². The van der Waals surface area contributed by atoms with Crippen LogP contribution in [-0.4, -0.2) is 94.2 Å². The minimum absolute atomic E-state index is 0. The number of halogens is 1. The summed E-state index contributed by atoms with van der Waals surface area (Å²) >= 11 is 0. The zero-order valence-corrected chi connectivity index (χ0v) is 24.9. The summed E-state index contributed by atoms with van der Waals surface area (Å²) in [7, 11) is 0. The number of carbonyl (C=O) groups is 5. The van der Waals surface area contributed by atoms with E-state index in [9.17, 15) is 29.4 Å². The molecule has 0 aliphatic carbocycles. The molecule has 0 heterocycles. The third-order valence-electron chi connectivity index (χ3n) is 2.16. The van der Waals surface area contributed by atoms with Crippen LogP contribution in [0, 0.1) is 0 Å². The number of carbonyl (C=O) groups excluding carboxylic acids is 2. The van der Waals surface area contributed by atoms with E-state index in [1.807, 2.05) is 0 Å². The number of aliphatic carboxylic acids is 5. The molecule has 0 aromatic rings. The van der Waals surface area contributed by atoms with Gasteiger partial charge < -0.3 is 52.1 Å². The largest absolute Gasteiger partial charge is 1.00 e. The Bertz CT molecular complexity index is 415. The van der Waals surface area contributed by atoms with Gasteiger partial charge in [-0.15, -0.1) is 0 Å². The smallest absolute Gasteiger partial charge is 1.00 e. The Labute approximate surface area is 258 Å². The molecule has 0 aliphatic rings. The molecule has 0 aromatic carbocycles. The van der Waals surface area contributed by atoms with Crippen LogP contribution in [0.1, 0.15) is 6.92 Å². The second-order valence-electron chi connectivity index (χ2n) is 4.47. The summed E-state index contributed by atoms with van der Waals surface area (Å²) in [6, 6.07) is 0. The number of carboxylic acids is 5. The number of carboxylic acid groups (broad SMARTS) is 5. The van der Waals surface area contributed by atoms with Crippen LogP contribution in [0.5, 0.6) is 0 Å². The zero-order chi connectivity index (χ0) is 19.3. The van der Waals surface area contributed by atoms with Crippen LogP contribution in [-0.2, 0) is 24.0 Å². The van der Waals surface area contributed by atoms with Gasteiger partial charge in [0.25, 0.3) is 5.97 Å². The summed E-state index contributed by atoms with van der Waals surface area (Å²) in [4.78, 5) is 52.9. The summed E-state index contributed by atoms with van der Waals surface area (Å²) < 4.78 is 0. The van der Waals surface area contributed by atoms with Crippen LogP contribution in [0.2, 0.25) is 0 Å².